The van der Waals surface area contributed by atoms with Crippen molar-refractivity contribution in [1.29, 1.82) is 0 Å². The molecule has 1 aromatic rings. The van der Waals surface area contributed by atoms with Gasteiger partial charge in [-0.25, -0.2) is 4.79 Å². The topological polar surface area (TPSA) is 46.5 Å². The molecule has 5 heteroatoms. The summed E-state index contributed by atoms with van der Waals surface area (Å²) >= 11 is 4.36. The average molecular weight is 251 g/mol. The van der Waals surface area contributed by atoms with Crippen molar-refractivity contribution >= 4 is 33.2 Å². The van der Waals surface area contributed by atoms with E-state index in [1.54, 1.807) is 5.38 Å². The average Bonchev–Trinajstić information content (AvgIpc) is 2.34. The van der Waals surface area contributed by atoms with Crippen LogP contribution in [0.4, 0.5) is 0 Å². The van der Waals surface area contributed by atoms with Crippen molar-refractivity contribution in [2.45, 2.75) is 6.92 Å². The second kappa shape index (κ2) is 3.91. The fourth-order valence-electron chi connectivity index (χ4n) is 0.753. The van der Waals surface area contributed by atoms with Crippen LogP contribution in [0.1, 0.15) is 16.6 Å². The smallest absolute Gasteiger partial charge is 0.349 e. The first-order chi connectivity index (χ1) is 5.66. The highest BCUT2D eigenvalue weighted by atomic mass is 79.9. The van der Waals surface area contributed by atoms with Gasteiger partial charge in [0.2, 0.25) is 0 Å². The van der Waals surface area contributed by atoms with E-state index in [0.717, 1.165) is 11.3 Å². The largest absolute Gasteiger partial charge is 0.491 e. The van der Waals surface area contributed by atoms with Crippen LogP contribution >= 0.6 is 27.3 Å². The molecule has 1 aromatic heterocycles. The fraction of sp³-hybridized carbons (Fsp3) is 0.286. The molecule has 0 saturated carbocycles. The van der Waals surface area contributed by atoms with Gasteiger partial charge in [-0.15, -0.1) is 11.3 Å². The zero-order valence-electron chi connectivity index (χ0n) is 6.33. The quantitative estimate of drug-likeness (QED) is 0.898. The zero-order valence-corrected chi connectivity index (χ0v) is 8.74. The molecule has 0 aliphatic heterocycles. The van der Waals surface area contributed by atoms with Gasteiger partial charge in [0.25, 0.3) is 0 Å². The predicted octanol–water partition coefficient (Wildman–Crippen LogP) is 2.61. The predicted molar refractivity (Wildman–Crippen MR) is 50.1 cm³/mol. The molecular formula is C7H7BrO3S. The molecule has 0 amide bonds. The molecule has 66 valence electrons. The van der Waals surface area contributed by atoms with E-state index in [2.05, 4.69) is 15.9 Å². The van der Waals surface area contributed by atoms with Gasteiger partial charge in [-0.05, 0) is 22.9 Å². The van der Waals surface area contributed by atoms with Crippen molar-refractivity contribution in [3.8, 4) is 5.75 Å². The summed E-state index contributed by atoms with van der Waals surface area (Å²) in [6.07, 6.45) is 0. The Morgan fingerprint density at radius 2 is 2.50 bits per heavy atom. The summed E-state index contributed by atoms with van der Waals surface area (Å²) < 4.78 is 5.85. The molecule has 0 aromatic carbocycles. The number of aromatic carboxylic acids is 1. The standard InChI is InChI=1S/C7H7BrO3S/c1-2-11-5-4(8)3-12-6(5)7(9)10/h3H,2H2,1H3,(H,9,10). The molecular weight excluding hydrogens is 244 g/mol. The molecule has 0 saturated heterocycles. The van der Waals surface area contributed by atoms with Crippen LogP contribution in [0.25, 0.3) is 0 Å². The monoisotopic (exact) mass is 250 g/mol. The first-order valence-corrected chi connectivity index (χ1v) is 4.97. The SMILES string of the molecule is CCOc1c(Br)csc1C(=O)O. The molecule has 1 N–H and O–H groups in total. The minimum absolute atomic E-state index is 0.240. The van der Waals surface area contributed by atoms with Gasteiger partial charge in [0.15, 0.2) is 10.6 Å². The number of hydrogen-bond donors (Lipinski definition) is 1. The van der Waals surface area contributed by atoms with Gasteiger partial charge in [-0.1, -0.05) is 0 Å². The van der Waals surface area contributed by atoms with E-state index in [1.165, 1.54) is 0 Å². The molecule has 0 fully saturated rings. The third-order valence-corrected chi connectivity index (χ3v) is 3.03. The zero-order chi connectivity index (χ0) is 9.14. The van der Waals surface area contributed by atoms with Crippen molar-refractivity contribution in [1.82, 2.24) is 0 Å². The summed E-state index contributed by atoms with van der Waals surface area (Å²) in [5.74, 6) is -0.524. The van der Waals surface area contributed by atoms with Crippen LogP contribution in [0, 0.1) is 0 Å². The summed E-state index contributed by atoms with van der Waals surface area (Å²) in [7, 11) is 0. The van der Waals surface area contributed by atoms with E-state index in [9.17, 15) is 4.79 Å². The van der Waals surface area contributed by atoms with Gasteiger partial charge < -0.3 is 9.84 Å². The Kier molecular flexibility index (Phi) is 3.11. The molecule has 0 bridgehead atoms. The van der Waals surface area contributed by atoms with Crippen LogP contribution in [-0.4, -0.2) is 17.7 Å². The van der Waals surface area contributed by atoms with Gasteiger partial charge in [-0.2, -0.15) is 0 Å². The molecule has 0 spiro atoms. The maximum absolute atomic E-state index is 10.6. The van der Waals surface area contributed by atoms with E-state index < -0.39 is 5.97 Å². The van der Waals surface area contributed by atoms with Crippen LogP contribution in [0.5, 0.6) is 5.75 Å². The number of carboxylic acid groups (broad SMARTS) is 1. The Labute approximate surface area is 82.1 Å². The Bertz CT molecular complexity index is 295. The van der Waals surface area contributed by atoms with E-state index in [1.807, 2.05) is 6.92 Å². The van der Waals surface area contributed by atoms with Gasteiger partial charge in [0.05, 0.1) is 11.1 Å². The van der Waals surface area contributed by atoms with Gasteiger partial charge in [0, 0.05) is 5.38 Å². The minimum atomic E-state index is -0.950. The van der Waals surface area contributed by atoms with Crippen molar-refractivity contribution in [3.05, 3.63) is 14.7 Å². The summed E-state index contributed by atoms with van der Waals surface area (Å²) in [6, 6.07) is 0. The number of carboxylic acids is 1. The Morgan fingerprint density at radius 3 is 3.00 bits per heavy atom. The Hall–Kier alpha value is -0.550. The van der Waals surface area contributed by atoms with Gasteiger partial charge in [0.1, 0.15) is 0 Å². The summed E-state index contributed by atoms with van der Waals surface area (Å²) in [5, 5.41) is 10.4. The molecule has 1 rings (SSSR count). The fourth-order valence-corrected chi connectivity index (χ4v) is 2.18. The first kappa shape index (κ1) is 9.54. The van der Waals surface area contributed by atoms with Crippen molar-refractivity contribution in [2.24, 2.45) is 0 Å². The molecule has 0 unspecified atom stereocenters. The first-order valence-electron chi connectivity index (χ1n) is 3.30. The van der Waals surface area contributed by atoms with E-state index in [-0.39, 0.29) is 4.88 Å². The highest BCUT2D eigenvalue weighted by molar-refractivity contribution is 9.10. The summed E-state index contributed by atoms with van der Waals surface area (Å²) in [5.41, 5.74) is 0. The number of ether oxygens (including phenoxy) is 1. The Morgan fingerprint density at radius 1 is 1.83 bits per heavy atom. The molecule has 1 heterocycles. The van der Waals surface area contributed by atoms with Crippen LogP contribution in [0.15, 0.2) is 9.85 Å². The molecule has 0 atom stereocenters. The van der Waals surface area contributed by atoms with E-state index in [4.69, 9.17) is 9.84 Å². The van der Waals surface area contributed by atoms with Crippen LogP contribution in [0.3, 0.4) is 0 Å². The lowest BCUT2D eigenvalue weighted by Crippen LogP contribution is -1.98. The van der Waals surface area contributed by atoms with Crippen molar-refractivity contribution in [2.75, 3.05) is 6.61 Å². The lowest BCUT2D eigenvalue weighted by Gasteiger charge is -2.01. The van der Waals surface area contributed by atoms with Crippen molar-refractivity contribution < 1.29 is 14.6 Å². The third-order valence-electron chi connectivity index (χ3n) is 1.19. The highest BCUT2D eigenvalue weighted by Gasteiger charge is 2.16. The second-order valence-electron chi connectivity index (χ2n) is 1.98. The normalized spacial score (nSPS) is 9.83. The summed E-state index contributed by atoms with van der Waals surface area (Å²) in [4.78, 5) is 10.9. The lowest BCUT2D eigenvalue weighted by atomic mass is 10.4. The maximum atomic E-state index is 10.6. The summed E-state index contributed by atoms with van der Waals surface area (Å²) in [6.45, 7) is 2.28. The lowest BCUT2D eigenvalue weighted by molar-refractivity contribution is 0.0698. The van der Waals surface area contributed by atoms with Crippen molar-refractivity contribution in [3.63, 3.8) is 0 Å². The number of rotatable bonds is 3. The van der Waals surface area contributed by atoms with Gasteiger partial charge >= 0.3 is 5.97 Å². The number of thiophene rings is 1. The van der Waals surface area contributed by atoms with Crippen LogP contribution in [-0.2, 0) is 0 Å². The molecule has 12 heavy (non-hydrogen) atoms. The van der Waals surface area contributed by atoms with E-state index >= 15 is 0 Å². The molecule has 0 aliphatic rings. The van der Waals surface area contributed by atoms with E-state index in [0.29, 0.717) is 16.8 Å². The van der Waals surface area contributed by atoms with Gasteiger partial charge in [-0.3, -0.25) is 0 Å². The third kappa shape index (κ3) is 1.78. The highest BCUT2D eigenvalue weighted by Crippen LogP contribution is 2.34. The molecule has 0 aliphatic carbocycles. The molecule has 0 radical (unpaired) electrons. The number of halogens is 1. The van der Waals surface area contributed by atoms with Crippen LogP contribution < -0.4 is 4.74 Å². The number of hydrogen-bond acceptors (Lipinski definition) is 3. The maximum Gasteiger partial charge on any atom is 0.349 e. The second-order valence-corrected chi connectivity index (χ2v) is 3.71. The molecule has 3 nitrogen and oxygen atoms in total. The van der Waals surface area contributed by atoms with Crippen LogP contribution in [0.2, 0.25) is 0 Å². The number of carbonyl (C=O) groups is 1. The minimum Gasteiger partial charge on any atom is -0.491 e. The Balaban J connectivity index is 3.03.